The summed E-state index contributed by atoms with van der Waals surface area (Å²) in [5.74, 6) is -0.229. The summed E-state index contributed by atoms with van der Waals surface area (Å²) in [5, 5.41) is 0. The van der Waals surface area contributed by atoms with Crippen LogP contribution in [0.3, 0.4) is 0 Å². The van der Waals surface area contributed by atoms with Crippen LogP contribution in [-0.2, 0) is 10.0 Å². The van der Waals surface area contributed by atoms with Gasteiger partial charge in [-0.05, 0) is 29.8 Å². The Bertz CT molecular complexity index is 943. The van der Waals surface area contributed by atoms with Gasteiger partial charge in [-0.15, -0.1) is 0 Å². The number of imidazole rings is 1. The summed E-state index contributed by atoms with van der Waals surface area (Å²) >= 11 is 0. The summed E-state index contributed by atoms with van der Waals surface area (Å²) in [6, 6.07) is 11.5. The van der Waals surface area contributed by atoms with E-state index in [2.05, 4.69) is 19.4 Å². The van der Waals surface area contributed by atoms with E-state index in [9.17, 15) is 17.2 Å². The highest BCUT2D eigenvalue weighted by Gasteiger charge is 2.16. The van der Waals surface area contributed by atoms with Crippen molar-refractivity contribution in [1.82, 2.24) is 9.97 Å². The fourth-order valence-electron chi connectivity index (χ4n) is 2.16. The molecule has 0 spiro atoms. The monoisotopic (exact) mass is 365 g/mol. The number of alkyl halides is 2. The first kappa shape index (κ1) is 16.9. The second-order valence-corrected chi connectivity index (χ2v) is 6.68. The summed E-state index contributed by atoms with van der Waals surface area (Å²) < 4.78 is 55.9. The standard InChI is InChI=1S/C16H13F2N3O3S/c17-16(18)24-13-2-1-3-14(8-13)25(22,23)21-12-6-4-11(5-7-12)15-9-19-10-20-15/h1-10,16,21H,(H,19,20). The highest BCUT2D eigenvalue weighted by molar-refractivity contribution is 7.92. The molecular formula is C16H13F2N3O3S. The number of rotatable bonds is 6. The van der Waals surface area contributed by atoms with E-state index in [1.165, 1.54) is 18.2 Å². The normalized spacial score (nSPS) is 11.5. The number of aromatic nitrogens is 2. The predicted molar refractivity (Wildman–Crippen MR) is 87.9 cm³/mol. The Balaban J connectivity index is 1.79. The first-order valence-electron chi connectivity index (χ1n) is 7.10. The molecule has 2 aromatic carbocycles. The molecule has 1 aromatic heterocycles. The van der Waals surface area contributed by atoms with Crippen molar-refractivity contribution in [2.75, 3.05) is 4.72 Å². The minimum Gasteiger partial charge on any atom is -0.435 e. The van der Waals surface area contributed by atoms with Crippen LogP contribution in [0, 0.1) is 0 Å². The van der Waals surface area contributed by atoms with Crippen molar-refractivity contribution >= 4 is 15.7 Å². The highest BCUT2D eigenvalue weighted by atomic mass is 32.2. The molecule has 9 heteroatoms. The Kier molecular flexibility index (Phi) is 4.66. The molecule has 0 aliphatic carbocycles. The topological polar surface area (TPSA) is 84.1 Å². The molecule has 0 saturated heterocycles. The van der Waals surface area contributed by atoms with Crippen LogP contribution < -0.4 is 9.46 Å². The SMILES string of the molecule is O=S(=O)(Nc1ccc(-c2cnc[nH]2)cc1)c1cccc(OC(F)F)c1. The van der Waals surface area contributed by atoms with Crippen LogP contribution in [0.15, 0.2) is 66.0 Å². The van der Waals surface area contributed by atoms with Crippen LogP contribution in [0.5, 0.6) is 5.75 Å². The van der Waals surface area contributed by atoms with Gasteiger partial charge in [0.15, 0.2) is 0 Å². The quantitative estimate of drug-likeness (QED) is 0.700. The van der Waals surface area contributed by atoms with Crippen molar-refractivity contribution in [3.63, 3.8) is 0 Å². The first-order valence-corrected chi connectivity index (χ1v) is 8.59. The lowest BCUT2D eigenvalue weighted by Crippen LogP contribution is -2.13. The van der Waals surface area contributed by atoms with Crippen molar-refractivity contribution in [2.45, 2.75) is 11.5 Å². The number of H-pyrrole nitrogens is 1. The number of hydrogen-bond donors (Lipinski definition) is 2. The van der Waals surface area contributed by atoms with E-state index in [0.717, 1.165) is 17.3 Å². The lowest BCUT2D eigenvalue weighted by molar-refractivity contribution is -0.0499. The molecule has 0 atom stereocenters. The van der Waals surface area contributed by atoms with Gasteiger partial charge in [0.25, 0.3) is 10.0 Å². The van der Waals surface area contributed by atoms with Crippen molar-refractivity contribution in [1.29, 1.82) is 0 Å². The Morgan fingerprint density at radius 3 is 2.52 bits per heavy atom. The maximum absolute atomic E-state index is 12.4. The Labute approximate surface area is 142 Å². The maximum atomic E-state index is 12.4. The average molecular weight is 365 g/mol. The molecule has 3 aromatic rings. The van der Waals surface area contributed by atoms with Crippen LogP contribution in [-0.4, -0.2) is 25.0 Å². The maximum Gasteiger partial charge on any atom is 0.387 e. The molecule has 130 valence electrons. The van der Waals surface area contributed by atoms with E-state index >= 15 is 0 Å². The van der Waals surface area contributed by atoms with Gasteiger partial charge in [0.2, 0.25) is 0 Å². The number of nitrogens with zero attached hydrogens (tertiary/aromatic N) is 1. The molecule has 6 nitrogen and oxygen atoms in total. The number of anilines is 1. The van der Waals surface area contributed by atoms with Crippen molar-refractivity contribution < 1.29 is 21.9 Å². The molecule has 0 fully saturated rings. The van der Waals surface area contributed by atoms with Crippen LogP contribution in [0.1, 0.15) is 0 Å². The van der Waals surface area contributed by atoms with Crippen molar-refractivity contribution in [2.24, 2.45) is 0 Å². The first-order chi connectivity index (χ1) is 11.9. The van der Waals surface area contributed by atoms with Crippen LogP contribution in [0.2, 0.25) is 0 Å². The van der Waals surface area contributed by atoms with E-state index in [-0.39, 0.29) is 10.6 Å². The summed E-state index contributed by atoms with van der Waals surface area (Å²) in [6.07, 6.45) is 3.19. The molecule has 1 heterocycles. The van der Waals surface area contributed by atoms with Gasteiger partial charge >= 0.3 is 6.61 Å². The molecule has 0 amide bonds. The Morgan fingerprint density at radius 2 is 1.88 bits per heavy atom. The fraction of sp³-hybridized carbons (Fsp3) is 0.0625. The lowest BCUT2D eigenvalue weighted by Gasteiger charge is -2.10. The van der Waals surface area contributed by atoms with Crippen molar-refractivity contribution in [3.05, 3.63) is 61.1 Å². The molecule has 0 unspecified atom stereocenters. The number of halogens is 2. The molecule has 0 aliphatic heterocycles. The third-order valence-electron chi connectivity index (χ3n) is 3.29. The minimum atomic E-state index is -3.93. The number of nitrogens with one attached hydrogen (secondary N) is 2. The van der Waals surface area contributed by atoms with Gasteiger partial charge in [-0.25, -0.2) is 13.4 Å². The number of sulfonamides is 1. The predicted octanol–water partition coefficient (Wildman–Crippen LogP) is 3.48. The molecule has 0 radical (unpaired) electrons. The minimum absolute atomic E-state index is 0.178. The molecule has 0 aliphatic rings. The average Bonchev–Trinajstić information content (AvgIpc) is 3.09. The lowest BCUT2D eigenvalue weighted by atomic mass is 10.1. The molecule has 2 N–H and O–H groups in total. The summed E-state index contributed by atoms with van der Waals surface area (Å²) in [4.78, 5) is 6.68. The third kappa shape index (κ3) is 4.13. The van der Waals surface area contributed by atoms with Gasteiger partial charge in [0.1, 0.15) is 5.75 Å². The number of benzene rings is 2. The Morgan fingerprint density at radius 1 is 1.12 bits per heavy atom. The zero-order valence-electron chi connectivity index (χ0n) is 12.7. The zero-order valence-corrected chi connectivity index (χ0v) is 13.5. The van der Waals surface area contributed by atoms with E-state index in [1.54, 1.807) is 36.8 Å². The fourth-order valence-corrected chi connectivity index (χ4v) is 3.26. The molecule has 3 rings (SSSR count). The molecule has 25 heavy (non-hydrogen) atoms. The van der Waals surface area contributed by atoms with Crippen LogP contribution >= 0.6 is 0 Å². The highest BCUT2D eigenvalue weighted by Crippen LogP contribution is 2.23. The smallest absolute Gasteiger partial charge is 0.387 e. The zero-order chi connectivity index (χ0) is 17.9. The summed E-state index contributed by atoms with van der Waals surface area (Å²) in [6.45, 7) is -3.03. The second-order valence-electron chi connectivity index (χ2n) is 5.00. The van der Waals surface area contributed by atoms with Gasteiger partial charge in [-0.1, -0.05) is 18.2 Å². The van der Waals surface area contributed by atoms with E-state index in [0.29, 0.717) is 5.69 Å². The summed E-state index contributed by atoms with van der Waals surface area (Å²) in [7, 11) is -3.93. The van der Waals surface area contributed by atoms with E-state index in [4.69, 9.17) is 0 Å². The van der Waals surface area contributed by atoms with Gasteiger partial charge < -0.3 is 9.72 Å². The van der Waals surface area contributed by atoms with E-state index < -0.39 is 16.6 Å². The molecule has 0 bridgehead atoms. The van der Waals surface area contributed by atoms with Gasteiger partial charge in [-0.2, -0.15) is 8.78 Å². The number of ether oxygens (including phenoxy) is 1. The molecular weight excluding hydrogens is 352 g/mol. The van der Waals surface area contributed by atoms with Gasteiger partial charge in [-0.3, -0.25) is 4.72 Å². The van der Waals surface area contributed by atoms with Crippen LogP contribution in [0.4, 0.5) is 14.5 Å². The Hall–Kier alpha value is -2.94. The van der Waals surface area contributed by atoms with E-state index in [1.807, 2.05) is 0 Å². The number of hydrogen-bond acceptors (Lipinski definition) is 4. The molecule has 0 saturated carbocycles. The number of aromatic amines is 1. The van der Waals surface area contributed by atoms with Crippen LogP contribution in [0.25, 0.3) is 11.3 Å². The largest absolute Gasteiger partial charge is 0.435 e. The van der Waals surface area contributed by atoms with Crippen molar-refractivity contribution in [3.8, 4) is 17.0 Å². The summed E-state index contributed by atoms with van der Waals surface area (Å²) in [5.41, 5.74) is 1.97. The second kappa shape index (κ2) is 6.89. The van der Waals surface area contributed by atoms with Gasteiger partial charge in [0.05, 0.1) is 23.1 Å². The third-order valence-corrected chi connectivity index (χ3v) is 4.67. The van der Waals surface area contributed by atoms with Gasteiger partial charge in [0, 0.05) is 11.8 Å².